The van der Waals surface area contributed by atoms with Crippen molar-refractivity contribution in [2.75, 3.05) is 6.54 Å². The summed E-state index contributed by atoms with van der Waals surface area (Å²) in [4.78, 5) is 24.1. The molecule has 92 valence electrons. The molecule has 7 heteroatoms. The summed E-state index contributed by atoms with van der Waals surface area (Å²) in [5.74, 6) is -1.27. The molecular weight excluding hydrogens is 228 g/mol. The van der Waals surface area contributed by atoms with Gasteiger partial charge in [0.05, 0.1) is 12.3 Å². The molecule has 1 amide bonds. The predicted molar refractivity (Wildman–Crippen MR) is 54.3 cm³/mol. The second-order valence-corrected chi connectivity index (χ2v) is 4.00. The fourth-order valence-corrected chi connectivity index (χ4v) is 1.93. The second kappa shape index (κ2) is 4.17. The average Bonchev–Trinajstić information content (AvgIpc) is 2.83. The number of hydrogen-bond donors (Lipinski definition) is 2. The normalized spacial score (nSPS) is 24.0. The van der Waals surface area contributed by atoms with Crippen molar-refractivity contribution in [2.45, 2.75) is 25.5 Å². The van der Waals surface area contributed by atoms with Crippen LogP contribution in [0, 0.1) is 6.92 Å². The molecule has 1 saturated heterocycles. The van der Waals surface area contributed by atoms with Gasteiger partial charge in [0.1, 0.15) is 17.4 Å². The molecule has 0 radical (unpaired) electrons. The number of β-amino-alcohol motifs (C(OH)–C–C–N with tert-alkyl or cyclic N) is 1. The average molecular weight is 240 g/mol. The standard InChI is InChI=1S/C10H12N2O5/c1-5-7(3-11-17-5)9(14)12-4-6(13)2-8(12)10(15)16/h3,6,8,13H,2,4H2,1H3,(H,15,16)/t6-,8-/m0/s1. The number of aliphatic carboxylic acids is 1. The highest BCUT2D eigenvalue weighted by Gasteiger charge is 2.40. The predicted octanol–water partition coefficient (Wildman–Crippen LogP) is -0.357. The summed E-state index contributed by atoms with van der Waals surface area (Å²) in [7, 11) is 0. The summed E-state index contributed by atoms with van der Waals surface area (Å²) in [5.41, 5.74) is 0.227. The molecule has 2 heterocycles. The van der Waals surface area contributed by atoms with E-state index in [0.29, 0.717) is 5.76 Å². The molecule has 2 atom stereocenters. The Hall–Kier alpha value is -1.89. The molecule has 0 aliphatic carbocycles. The van der Waals surface area contributed by atoms with Crippen LogP contribution in [0.15, 0.2) is 10.7 Å². The van der Waals surface area contributed by atoms with Crippen LogP contribution >= 0.6 is 0 Å². The van der Waals surface area contributed by atoms with Gasteiger partial charge in [0.15, 0.2) is 0 Å². The number of aliphatic hydroxyl groups excluding tert-OH is 1. The van der Waals surface area contributed by atoms with Crippen LogP contribution in [0.4, 0.5) is 0 Å². The van der Waals surface area contributed by atoms with Gasteiger partial charge in [-0.05, 0) is 6.92 Å². The van der Waals surface area contributed by atoms with Crippen molar-refractivity contribution >= 4 is 11.9 Å². The summed E-state index contributed by atoms with van der Waals surface area (Å²) >= 11 is 0. The van der Waals surface area contributed by atoms with Crippen molar-refractivity contribution in [2.24, 2.45) is 0 Å². The van der Waals surface area contributed by atoms with E-state index in [0.717, 1.165) is 4.90 Å². The van der Waals surface area contributed by atoms with E-state index in [4.69, 9.17) is 9.63 Å². The molecule has 2 rings (SSSR count). The van der Waals surface area contributed by atoms with Crippen molar-refractivity contribution in [1.82, 2.24) is 10.1 Å². The van der Waals surface area contributed by atoms with E-state index in [2.05, 4.69) is 5.16 Å². The van der Waals surface area contributed by atoms with E-state index >= 15 is 0 Å². The fraction of sp³-hybridized carbons (Fsp3) is 0.500. The summed E-state index contributed by atoms with van der Waals surface area (Å²) in [6.07, 6.45) is 0.493. The summed E-state index contributed by atoms with van der Waals surface area (Å²) < 4.78 is 4.76. The number of carboxylic acids is 1. The number of aryl methyl sites for hydroxylation is 1. The SMILES string of the molecule is Cc1oncc1C(=O)N1C[C@@H](O)C[C@H]1C(=O)O. The van der Waals surface area contributed by atoms with Gasteiger partial charge in [-0.3, -0.25) is 4.79 Å². The number of nitrogens with zero attached hydrogens (tertiary/aromatic N) is 2. The van der Waals surface area contributed by atoms with Crippen LogP contribution in [0.5, 0.6) is 0 Å². The first-order chi connectivity index (χ1) is 8.00. The Balaban J connectivity index is 2.25. The molecular formula is C10H12N2O5. The van der Waals surface area contributed by atoms with E-state index in [1.165, 1.54) is 6.20 Å². The number of aromatic nitrogens is 1. The van der Waals surface area contributed by atoms with Crippen LogP contribution in [-0.2, 0) is 4.79 Å². The zero-order chi connectivity index (χ0) is 12.6. The third kappa shape index (κ3) is 2.01. The Kier molecular flexibility index (Phi) is 2.84. The van der Waals surface area contributed by atoms with Gasteiger partial charge < -0.3 is 19.6 Å². The van der Waals surface area contributed by atoms with Gasteiger partial charge in [0.25, 0.3) is 5.91 Å². The molecule has 7 nitrogen and oxygen atoms in total. The zero-order valence-corrected chi connectivity index (χ0v) is 9.16. The van der Waals surface area contributed by atoms with Crippen LogP contribution in [0.25, 0.3) is 0 Å². The smallest absolute Gasteiger partial charge is 0.326 e. The first kappa shape index (κ1) is 11.6. The summed E-state index contributed by atoms with van der Waals surface area (Å²) in [6, 6.07) is -0.994. The summed E-state index contributed by atoms with van der Waals surface area (Å²) in [6.45, 7) is 1.59. The van der Waals surface area contributed by atoms with E-state index < -0.39 is 24.0 Å². The Morgan fingerprint density at radius 2 is 2.29 bits per heavy atom. The van der Waals surface area contributed by atoms with Gasteiger partial charge >= 0.3 is 5.97 Å². The lowest BCUT2D eigenvalue weighted by Gasteiger charge is -2.20. The van der Waals surface area contributed by atoms with Crippen LogP contribution < -0.4 is 0 Å². The van der Waals surface area contributed by atoms with Gasteiger partial charge in [-0.25, -0.2) is 4.79 Å². The number of carbonyl (C=O) groups excluding carboxylic acids is 1. The highest BCUT2D eigenvalue weighted by molar-refractivity contribution is 5.97. The Labute approximate surface area is 96.6 Å². The number of likely N-dealkylation sites (tertiary alicyclic amines) is 1. The van der Waals surface area contributed by atoms with E-state index in [1.54, 1.807) is 6.92 Å². The van der Waals surface area contributed by atoms with Gasteiger partial charge in [0.2, 0.25) is 0 Å². The Morgan fingerprint density at radius 1 is 1.59 bits per heavy atom. The van der Waals surface area contributed by atoms with E-state index in [1.807, 2.05) is 0 Å². The van der Waals surface area contributed by atoms with Crippen molar-refractivity contribution in [1.29, 1.82) is 0 Å². The van der Waals surface area contributed by atoms with E-state index in [9.17, 15) is 14.7 Å². The maximum absolute atomic E-state index is 12.0. The van der Waals surface area contributed by atoms with Crippen LogP contribution in [-0.4, -0.2) is 50.8 Å². The van der Waals surface area contributed by atoms with Crippen molar-refractivity contribution in [3.05, 3.63) is 17.5 Å². The highest BCUT2D eigenvalue weighted by Crippen LogP contribution is 2.22. The largest absolute Gasteiger partial charge is 0.480 e. The van der Waals surface area contributed by atoms with Gasteiger partial charge in [-0.2, -0.15) is 0 Å². The molecule has 0 aromatic carbocycles. The molecule has 1 aliphatic heterocycles. The first-order valence-electron chi connectivity index (χ1n) is 5.14. The quantitative estimate of drug-likeness (QED) is 0.731. The zero-order valence-electron chi connectivity index (χ0n) is 9.16. The second-order valence-electron chi connectivity index (χ2n) is 4.00. The lowest BCUT2D eigenvalue weighted by Crippen LogP contribution is -2.40. The van der Waals surface area contributed by atoms with Crippen molar-refractivity contribution in [3.63, 3.8) is 0 Å². The Morgan fingerprint density at radius 3 is 2.82 bits per heavy atom. The number of amides is 1. The van der Waals surface area contributed by atoms with Crippen LogP contribution in [0.1, 0.15) is 22.5 Å². The molecule has 1 aromatic heterocycles. The topological polar surface area (TPSA) is 104 Å². The lowest BCUT2D eigenvalue weighted by molar-refractivity contribution is -0.141. The number of aliphatic hydroxyl groups is 1. The van der Waals surface area contributed by atoms with Gasteiger partial charge in [0, 0.05) is 13.0 Å². The van der Waals surface area contributed by atoms with Gasteiger partial charge in [-0.15, -0.1) is 0 Å². The van der Waals surface area contributed by atoms with Crippen LogP contribution in [0.3, 0.4) is 0 Å². The fourth-order valence-electron chi connectivity index (χ4n) is 1.93. The summed E-state index contributed by atoms with van der Waals surface area (Å²) in [5, 5.41) is 21.9. The molecule has 0 bridgehead atoms. The molecule has 1 aliphatic rings. The number of hydrogen-bond acceptors (Lipinski definition) is 5. The minimum absolute atomic E-state index is 0.0143. The van der Waals surface area contributed by atoms with Crippen molar-refractivity contribution < 1.29 is 24.3 Å². The molecule has 2 N–H and O–H groups in total. The third-order valence-corrected chi connectivity index (χ3v) is 2.81. The minimum Gasteiger partial charge on any atom is -0.480 e. The minimum atomic E-state index is -1.12. The van der Waals surface area contributed by atoms with Crippen LogP contribution in [0.2, 0.25) is 0 Å². The molecule has 1 aromatic rings. The Bertz CT molecular complexity index is 455. The molecule has 17 heavy (non-hydrogen) atoms. The number of carbonyl (C=O) groups is 2. The maximum atomic E-state index is 12.0. The molecule has 0 unspecified atom stereocenters. The first-order valence-corrected chi connectivity index (χ1v) is 5.14. The molecule has 0 spiro atoms. The lowest BCUT2D eigenvalue weighted by atomic mass is 10.2. The number of carboxylic acid groups (broad SMARTS) is 1. The molecule has 0 saturated carbocycles. The van der Waals surface area contributed by atoms with Crippen molar-refractivity contribution in [3.8, 4) is 0 Å². The number of rotatable bonds is 2. The monoisotopic (exact) mass is 240 g/mol. The molecule has 1 fully saturated rings. The maximum Gasteiger partial charge on any atom is 0.326 e. The highest BCUT2D eigenvalue weighted by atomic mass is 16.5. The van der Waals surface area contributed by atoms with Gasteiger partial charge in [-0.1, -0.05) is 5.16 Å². The van der Waals surface area contributed by atoms with E-state index in [-0.39, 0.29) is 18.5 Å². The third-order valence-electron chi connectivity index (χ3n) is 2.81.